The Hall–Kier alpha value is -2.03. The normalized spacial score (nSPS) is 19.4. The Morgan fingerprint density at radius 1 is 1.06 bits per heavy atom. The smallest absolute Gasteiger partial charge is 0.410 e. The number of guanidine groups is 1. The van der Waals surface area contributed by atoms with Crippen molar-refractivity contribution < 1.29 is 14.3 Å². The molecule has 0 radical (unpaired) electrons. The fraction of sp³-hybridized carbons (Fsp3) is 0.864. The maximum atomic E-state index is 12.7. The highest BCUT2D eigenvalue weighted by Crippen LogP contribution is 2.14. The molecule has 2 saturated heterocycles. The largest absolute Gasteiger partial charge is 0.444 e. The summed E-state index contributed by atoms with van der Waals surface area (Å²) in [7, 11) is 1.73. The van der Waals surface area contributed by atoms with E-state index in [1.54, 1.807) is 11.9 Å². The third-order valence-corrected chi connectivity index (χ3v) is 5.67. The molecule has 0 spiro atoms. The molecule has 0 aliphatic carbocycles. The van der Waals surface area contributed by atoms with Crippen molar-refractivity contribution in [3.8, 4) is 0 Å². The summed E-state index contributed by atoms with van der Waals surface area (Å²) in [6.07, 6.45) is 1.91. The average Bonchev–Trinajstić information content (AvgIpc) is 3.25. The Morgan fingerprint density at radius 3 is 2.23 bits per heavy atom. The average molecular weight is 439 g/mol. The molecule has 2 aliphatic heterocycles. The van der Waals surface area contributed by atoms with Crippen LogP contribution in [-0.4, -0.2) is 115 Å². The van der Waals surface area contributed by atoms with Crippen LogP contribution in [0.1, 0.15) is 47.5 Å². The van der Waals surface area contributed by atoms with E-state index in [-0.39, 0.29) is 18.0 Å². The maximum absolute atomic E-state index is 12.7. The van der Waals surface area contributed by atoms with Gasteiger partial charge in [-0.25, -0.2) is 4.79 Å². The number of nitrogens with zero attached hydrogens (tertiary/aromatic N) is 5. The van der Waals surface area contributed by atoms with Crippen LogP contribution in [0.2, 0.25) is 0 Å². The standard InChI is InChI=1S/C22H42N6O3/c1-7-23-20(24-10-13-25(6)21(30)31-22(3,4)5)28-16-14-26(15-17-28)18(2)19(29)27-11-8-9-12-27/h18H,7-17H2,1-6H3,(H,23,24). The molecule has 2 rings (SSSR count). The number of nitrogens with one attached hydrogen (secondary N) is 1. The Labute approximate surface area is 187 Å². The molecule has 2 amide bonds. The van der Waals surface area contributed by atoms with E-state index in [0.29, 0.717) is 13.1 Å². The van der Waals surface area contributed by atoms with E-state index in [1.165, 1.54) is 0 Å². The van der Waals surface area contributed by atoms with Crippen molar-refractivity contribution in [2.45, 2.75) is 59.1 Å². The molecule has 0 bridgehead atoms. The zero-order valence-corrected chi connectivity index (χ0v) is 20.3. The fourth-order valence-corrected chi connectivity index (χ4v) is 3.84. The van der Waals surface area contributed by atoms with Gasteiger partial charge in [0.25, 0.3) is 0 Å². The molecule has 0 aromatic carbocycles. The van der Waals surface area contributed by atoms with Crippen molar-refractivity contribution in [3.63, 3.8) is 0 Å². The van der Waals surface area contributed by atoms with Crippen LogP contribution in [0.5, 0.6) is 0 Å². The minimum absolute atomic E-state index is 0.0674. The highest BCUT2D eigenvalue weighted by atomic mass is 16.6. The van der Waals surface area contributed by atoms with Gasteiger partial charge in [-0.15, -0.1) is 0 Å². The van der Waals surface area contributed by atoms with E-state index in [4.69, 9.17) is 9.73 Å². The van der Waals surface area contributed by atoms with Gasteiger partial charge < -0.3 is 24.8 Å². The first-order chi connectivity index (χ1) is 14.6. The van der Waals surface area contributed by atoms with Crippen LogP contribution in [0.4, 0.5) is 4.79 Å². The van der Waals surface area contributed by atoms with Gasteiger partial charge in [0.05, 0.1) is 12.6 Å². The van der Waals surface area contributed by atoms with Crippen LogP contribution in [0.25, 0.3) is 0 Å². The molecular weight excluding hydrogens is 396 g/mol. The van der Waals surface area contributed by atoms with E-state index >= 15 is 0 Å². The molecule has 0 saturated carbocycles. The predicted molar refractivity (Wildman–Crippen MR) is 123 cm³/mol. The molecule has 2 heterocycles. The lowest BCUT2D eigenvalue weighted by molar-refractivity contribution is -0.135. The van der Waals surface area contributed by atoms with E-state index in [2.05, 4.69) is 22.0 Å². The number of hydrogen-bond donors (Lipinski definition) is 1. The van der Waals surface area contributed by atoms with Gasteiger partial charge in [0.15, 0.2) is 5.96 Å². The third-order valence-electron chi connectivity index (χ3n) is 5.67. The predicted octanol–water partition coefficient (Wildman–Crippen LogP) is 1.45. The number of likely N-dealkylation sites (N-methyl/N-ethyl adjacent to an activating group) is 1. The Kier molecular flexibility index (Phi) is 9.40. The van der Waals surface area contributed by atoms with Crippen LogP contribution in [0, 0.1) is 0 Å². The zero-order valence-electron chi connectivity index (χ0n) is 20.3. The first-order valence-electron chi connectivity index (χ1n) is 11.6. The zero-order chi connectivity index (χ0) is 23.0. The molecule has 178 valence electrons. The van der Waals surface area contributed by atoms with E-state index in [1.807, 2.05) is 32.6 Å². The molecule has 0 aromatic rings. The van der Waals surface area contributed by atoms with Crippen LogP contribution < -0.4 is 5.32 Å². The minimum Gasteiger partial charge on any atom is -0.444 e. The van der Waals surface area contributed by atoms with E-state index < -0.39 is 5.60 Å². The number of carbonyl (C=O) groups excluding carboxylic acids is 2. The summed E-state index contributed by atoms with van der Waals surface area (Å²) in [6.45, 7) is 16.6. The fourth-order valence-electron chi connectivity index (χ4n) is 3.84. The Bertz CT molecular complexity index is 619. The molecule has 0 aromatic heterocycles. The summed E-state index contributed by atoms with van der Waals surface area (Å²) in [5.74, 6) is 1.12. The summed E-state index contributed by atoms with van der Waals surface area (Å²) >= 11 is 0. The van der Waals surface area contributed by atoms with Gasteiger partial charge in [0.1, 0.15) is 5.60 Å². The number of hydrogen-bond acceptors (Lipinski definition) is 5. The molecule has 1 N–H and O–H groups in total. The lowest BCUT2D eigenvalue weighted by Gasteiger charge is -2.39. The van der Waals surface area contributed by atoms with Crippen molar-refractivity contribution >= 4 is 18.0 Å². The number of aliphatic imine (C=N–C) groups is 1. The molecular formula is C22H42N6O3. The summed E-state index contributed by atoms with van der Waals surface area (Å²) in [6, 6.07) is -0.0674. The topological polar surface area (TPSA) is 80.7 Å². The van der Waals surface area contributed by atoms with Gasteiger partial charge in [-0.2, -0.15) is 0 Å². The first-order valence-corrected chi connectivity index (χ1v) is 11.6. The van der Waals surface area contributed by atoms with Crippen molar-refractivity contribution in [2.75, 3.05) is 66.0 Å². The Morgan fingerprint density at radius 2 is 1.68 bits per heavy atom. The number of piperazine rings is 1. The van der Waals surface area contributed by atoms with E-state index in [9.17, 15) is 9.59 Å². The van der Waals surface area contributed by atoms with Gasteiger partial charge >= 0.3 is 6.09 Å². The molecule has 1 atom stereocenters. The van der Waals surface area contributed by atoms with Gasteiger partial charge in [0, 0.05) is 59.4 Å². The maximum Gasteiger partial charge on any atom is 0.410 e. The summed E-state index contributed by atoms with van der Waals surface area (Å²) in [5, 5.41) is 3.35. The second kappa shape index (κ2) is 11.5. The second-order valence-electron chi connectivity index (χ2n) is 9.37. The van der Waals surface area contributed by atoms with Gasteiger partial charge in [-0.1, -0.05) is 0 Å². The lowest BCUT2D eigenvalue weighted by Crippen LogP contribution is -2.57. The molecule has 2 aliphatic rings. The molecule has 31 heavy (non-hydrogen) atoms. The summed E-state index contributed by atoms with van der Waals surface area (Å²) < 4.78 is 5.39. The summed E-state index contributed by atoms with van der Waals surface area (Å²) in [5.41, 5.74) is -0.503. The summed E-state index contributed by atoms with van der Waals surface area (Å²) in [4.78, 5) is 37.6. The van der Waals surface area contributed by atoms with Crippen molar-refractivity contribution in [2.24, 2.45) is 4.99 Å². The first kappa shape index (κ1) is 25.2. The van der Waals surface area contributed by atoms with Crippen molar-refractivity contribution in [1.29, 1.82) is 0 Å². The number of carbonyl (C=O) groups is 2. The number of likely N-dealkylation sites (tertiary alicyclic amines) is 1. The Balaban J connectivity index is 1.84. The molecule has 1 unspecified atom stereocenters. The van der Waals surface area contributed by atoms with Crippen molar-refractivity contribution in [3.05, 3.63) is 0 Å². The highest BCUT2D eigenvalue weighted by molar-refractivity contribution is 5.82. The lowest BCUT2D eigenvalue weighted by atomic mass is 10.2. The van der Waals surface area contributed by atoms with Crippen LogP contribution in [-0.2, 0) is 9.53 Å². The number of amides is 2. The molecule has 2 fully saturated rings. The quantitative estimate of drug-likeness (QED) is 0.499. The van der Waals surface area contributed by atoms with Gasteiger partial charge in [-0.05, 0) is 47.5 Å². The molecule has 9 nitrogen and oxygen atoms in total. The molecule has 9 heteroatoms. The van der Waals surface area contributed by atoms with Crippen molar-refractivity contribution in [1.82, 2.24) is 24.9 Å². The monoisotopic (exact) mass is 438 g/mol. The van der Waals surface area contributed by atoms with Crippen LogP contribution >= 0.6 is 0 Å². The number of rotatable bonds is 6. The van der Waals surface area contributed by atoms with E-state index in [0.717, 1.165) is 64.6 Å². The van der Waals surface area contributed by atoms with Crippen LogP contribution in [0.15, 0.2) is 4.99 Å². The highest BCUT2D eigenvalue weighted by Gasteiger charge is 2.30. The van der Waals surface area contributed by atoms with Crippen LogP contribution in [0.3, 0.4) is 0 Å². The number of ether oxygens (including phenoxy) is 1. The van der Waals surface area contributed by atoms with Gasteiger partial charge in [0.2, 0.25) is 5.91 Å². The minimum atomic E-state index is -0.503. The second-order valence-corrected chi connectivity index (χ2v) is 9.37. The SMILES string of the molecule is CCNC(=NCCN(C)C(=O)OC(C)(C)C)N1CCN(C(C)C(=O)N2CCCC2)CC1. The third kappa shape index (κ3) is 7.87. The van der Waals surface area contributed by atoms with Gasteiger partial charge in [-0.3, -0.25) is 14.7 Å².